The second-order valence-corrected chi connectivity index (χ2v) is 6.53. The van der Waals surface area contributed by atoms with E-state index in [4.69, 9.17) is 23.2 Å². The number of carbonyl (C=O) groups excluding carboxylic acids is 2. The number of piperidine rings is 1. The number of hydrogen-bond acceptors (Lipinski definition) is 3. The molecule has 7 heteroatoms. The van der Waals surface area contributed by atoms with Gasteiger partial charge >= 0.3 is 0 Å². The standard InChI is InChI=1S/C14H15Cl2N3O2/c15-10-5-11(16)17-7-9(10)13(21)19-3-1-14(2-4-19)6-12(20)18-8-14/h5,7H,1-4,6,8H2,(H,18,20). The van der Waals surface area contributed by atoms with Crippen molar-refractivity contribution in [1.29, 1.82) is 0 Å². The minimum atomic E-state index is -0.128. The number of nitrogens with one attached hydrogen (secondary N) is 1. The summed E-state index contributed by atoms with van der Waals surface area (Å²) >= 11 is 11.8. The van der Waals surface area contributed by atoms with Crippen molar-refractivity contribution in [2.24, 2.45) is 5.41 Å². The lowest BCUT2D eigenvalue weighted by atomic mass is 9.77. The molecule has 3 rings (SSSR count). The summed E-state index contributed by atoms with van der Waals surface area (Å²) in [6.45, 7) is 1.98. The van der Waals surface area contributed by atoms with E-state index in [1.807, 2.05) is 0 Å². The van der Waals surface area contributed by atoms with Crippen molar-refractivity contribution in [3.05, 3.63) is 28.0 Å². The van der Waals surface area contributed by atoms with Crippen molar-refractivity contribution < 1.29 is 9.59 Å². The Hall–Kier alpha value is -1.33. The van der Waals surface area contributed by atoms with Gasteiger partial charge in [0.15, 0.2) is 0 Å². The zero-order valence-corrected chi connectivity index (χ0v) is 12.9. The van der Waals surface area contributed by atoms with Crippen molar-refractivity contribution in [3.63, 3.8) is 0 Å². The maximum atomic E-state index is 12.5. The van der Waals surface area contributed by atoms with Crippen molar-refractivity contribution in [1.82, 2.24) is 15.2 Å². The van der Waals surface area contributed by atoms with Crippen LogP contribution in [0.2, 0.25) is 10.2 Å². The molecule has 0 radical (unpaired) electrons. The number of hydrogen-bond donors (Lipinski definition) is 1. The summed E-state index contributed by atoms with van der Waals surface area (Å²) in [5.41, 5.74) is 0.397. The number of likely N-dealkylation sites (tertiary alicyclic amines) is 1. The molecule has 5 nitrogen and oxygen atoms in total. The summed E-state index contributed by atoms with van der Waals surface area (Å²) in [6, 6.07) is 1.47. The molecule has 3 heterocycles. The molecule has 0 aliphatic carbocycles. The smallest absolute Gasteiger partial charge is 0.256 e. The molecule has 2 amide bonds. The summed E-state index contributed by atoms with van der Waals surface area (Å²) in [6.07, 6.45) is 3.64. The van der Waals surface area contributed by atoms with E-state index in [2.05, 4.69) is 10.3 Å². The van der Waals surface area contributed by atoms with Gasteiger partial charge in [0.2, 0.25) is 5.91 Å². The first-order valence-electron chi connectivity index (χ1n) is 6.86. The molecule has 0 saturated carbocycles. The fourth-order valence-electron chi connectivity index (χ4n) is 3.02. The molecule has 1 spiro atoms. The van der Waals surface area contributed by atoms with Gasteiger partial charge in [-0.15, -0.1) is 0 Å². The van der Waals surface area contributed by atoms with Gasteiger partial charge in [-0.1, -0.05) is 23.2 Å². The highest BCUT2D eigenvalue weighted by molar-refractivity contribution is 6.36. The second-order valence-electron chi connectivity index (χ2n) is 5.73. The van der Waals surface area contributed by atoms with Crippen LogP contribution in [0.4, 0.5) is 0 Å². The molecule has 1 N–H and O–H groups in total. The summed E-state index contributed by atoms with van der Waals surface area (Å²) < 4.78 is 0. The van der Waals surface area contributed by atoms with E-state index >= 15 is 0 Å². The maximum Gasteiger partial charge on any atom is 0.256 e. The molecular weight excluding hydrogens is 313 g/mol. The quantitative estimate of drug-likeness (QED) is 0.804. The first-order valence-corrected chi connectivity index (χ1v) is 7.62. The third kappa shape index (κ3) is 2.85. The number of pyridine rings is 1. The topological polar surface area (TPSA) is 62.3 Å². The number of aromatic nitrogens is 1. The van der Waals surface area contributed by atoms with E-state index < -0.39 is 0 Å². The van der Waals surface area contributed by atoms with E-state index in [1.54, 1.807) is 4.90 Å². The van der Waals surface area contributed by atoms with E-state index in [9.17, 15) is 9.59 Å². The van der Waals surface area contributed by atoms with Gasteiger partial charge < -0.3 is 10.2 Å². The van der Waals surface area contributed by atoms with Crippen molar-refractivity contribution in [2.45, 2.75) is 19.3 Å². The number of amides is 2. The van der Waals surface area contributed by atoms with Gasteiger partial charge in [0.05, 0.1) is 10.6 Å². The highest BCUT2D eigenvalue weighted by atomic mass is 35.5. The lowest BCUT2D eigenvalue weighted by molar-refractivity contribution is -0.119. The van der Waals surface area contributed by atoms with Crippen LogP contribution in [0.5, 0.6) is 0 Å². The van der Waals surface area contributed by atoms with Gasteiger partial charge in [0, 0.05) is 32.3 Å². The average Bonchev–Trinajstić information content (AvgIpc) is 2.80. The van der Waals surface area contributed by atoms with Crippen LogP contribution in [0, 0.1) is 5.41 Å². The van der Waals surface area contributed by atoms with Crippen LogP contribution >= 0.6 is 23.2 Å². The Morgan fingerprint density at radius 2 is 2.05 bits per heavy atom. The van der Waals surface area contributed by atoms with Gasteiger partial charge in [-0.2, -0.15) is 0 Å². The van der Waals surface area contributed by atoms with Crippen LogP contribution in [0.15, 0.2) is 12.3 Å². The minimum absolute atomic E-state index is 0.0237. The third-order valence-electron chi connectivity index (χ3n) is 4.36. The molecule has 112 valence electrons. The number of halogens is 2. The SMILES string of the molecule is O=C1CC2(CCN(C(=O)c3cnc(Cl)cc3Cl)CC2)CN1. The fraction of sp³-hybridized carbons (Fsp3) is 0.500. The molecule has 2 fully saturated rings. The Morgan fingerprint density at radius 1 is 1.33 bits per heavy atom. The minimum Gasteiger partial charge on any atom is -0.356 e. The molecule has 0 atom stereocenters. The second kappa shape index (κ2) is 5.46. The summed E-state index contributed by atoms with van der Waals surface area (Å²) in [5.74, 6) is -0.0176. The maximum absolute atomic E-state index is 12.5. The highest BCUT2D eigenvalue weighted by Crippen LogP contribution is 2.38. The average molecular weight is 328 g/mol. The molecule has 0 unspecified atom stereocenters. The van der Waals surface area contributed by atoms with Crippen molar-refractivity contribution in [2.75, 3.05) is 19.6 Å². The highest BCUT2D eigenvalue weighted by Gasteiger charge is 2.41. The molecular formula is C14H15Cl2N3O2. The molecule has 2 saturated heterocycles. The molecule has 1 aromatic heterocycles. The van der Waals surface area contributed by atoms with E-state index in [-0.39, 0.29) is 22.4 Å². The Bertz CT molecular complexity index is 598. The monoisotopic (exact) mass is 327 g/mol. The van der Waals surface area contributed by atoms with Gasteiger partial charge in [-0.3, -0.25) is 9.59 Å². The van der Waals surface area contributed by atoms with Crippen LogP contribution in [-0.4, -0.2) is 41.3 Å². The van der Waals surface area contributed by atoms with Gasteiger partial charge in [-0.05, 0) is 24.3 Å². The zero-order valence-electron chi connectivity index (χ0n) is 11.4. The predicted molar refractivity (Wildman–Crippen MR) is 79.5 cm³/mol. The first kappa shape index (κ1) is 14.6. The predicted octanol–water partition coefficient (Wildman–Crippen LogP) is 2.13. The van der Waals surface area contributed by atoms with Crippen LogP contribution < -0.4 is 5.32 Å². The van der Waals surface area contributed by atoms with E-state index in [0.29, 0.717) is 30.1 Å². The largest absolute Gasteiger partial charge is 0.356 e. The molecule has 0 aromatic carbocycles. The Kier molecular flexibility index (Phi) is 3.80. The molecule has 21 heavy (non-hydrogen) atoms. The third-order valence-corrected chi connectivity index (χ3v) is 4.88. The lowest BCUT2D eigenvalue weighted by Gasteiger charge is -2.38. The first-order chi connectivity index (χ1) is 9.99. The fourth-order valence-corrected chi connectivity index (χ4v) is 3.47. The van der Waals surface area contributed by atoms with Gasteiger partial charge in [0.1, 0.15) is 5.15 Å². The summed E-state index contributed by atoms with van der Waals surface area (Å²) in [5, 5.41) is 3.47. The normalized spacial score (nSPS) is 20.7. The van der Waals surface area contributed by atoms with E-state index in [1.165, 1.54) is 12.3 Å². The molecule has 0 bridgehead atoms. The van der Waals surface area contributed by atoms with Crippen molar-refractivity contribution >= 4 is 35.0 Å². The Balaban J connectivity index is 1.69. The zero-order chi connectivity index (χ0) is 15.0. The Morgan fingerprint density at radius 3 is 2.62 bits per heavy atom. The summed E-state index contributed by atoms with van der Waals surface area (Å²) in [7, 11) is 0. The number of carbonyl (C=O) groups is 2. The molecule has 1 aromatic rings. The Labute approximate surface area is 132 Å². The number of rotatable bonds is 1. The summed E-state index contributed by atoms with van der Waals surface area (Å²) in [4.78, 5) is 29.6. The van der Waals surface area contributed by atoms with Crippen molar-refractivity contribution in [3.8, 4) is 0 Å². The van der Waals surface area contributed by atoms with Crippen LogP contribution in [-0.2, 0) is 4.79 Å². The van der Waals surface area contributed by atoms with Crippen LogP contribution in [0.1, 0.15) is 29.6 Å². The lowest BCUT2D eigenvalue weighted by Crippen LogP contribution is -2.44. The van der Waals surface area contributed by atoms with Gasteiger partial charge in [0.25, 0.3) is 5.91 Å². The molecule has 2 aliphatic heterocycles. The number of nitrogens with zero attached hydrogens (tertiary/aromatic N) is 2. The molecule has 2 aliphatic rings. The van der Waals surface area contributed by atoms with Crippen LogP contribution in [0.25, 0.3) is 0 Å². The van der Waals surface area contributed by atoms with E-state index in [0.717, 1.165) is 19.4 Å². The van der Waals surface area contributed by atoms with Crippen LogP contribution in [0.3, 0.4) is 0 Å². The van der Waals surface area contributed by atoms with Gasteiger partial charge in [-0.25, -0.2) is 4.98 Å².